The van der Waals surface area contributed by atoms with Crippen LogP contribution in [0, 0.1) is 0 Å². The Labute approximate surface area is 126 Å². The third kappa shape index (κ3) is 2.25. The van der Waals surface area contributed by atoms with Crippen LogP contribution in [0.1, 0.15) is 6.23 Å². The highest BCUT2D eigenvalue weighted by atomic mass is 32.2. The topological polar surface area (TPSA) is 183 Å². The zero-order chi connectivity index (χ0) is 16.0. The molecule has 1 fully saturated rings. The Hall–Kier alpha value is -1.70. The molecular formula is C10H14N6O5S. The number of nitrogens with zero attached hydrogens (tertiary/aromatic N) is 4. The van der Waals surface area contributed by atoms with Crippen LogP contribution in [0.4, 0.5) is 5.95 Å². The molecule has 0 radical (unpaired) electrons. The number of imidazole rings is 1. The molecule has 11 nitrogen and oxygen atoms in total. The van der Waals surface area contributed by atoms with Crippen molar-refractivity contribution in [2.45, 2.75) is 29.6 Å². The highest BCUT2D eigenvalue weighted by Gasteiger charge is 2.44. The fourth-order valence-electron chi connectivity index (χ4n) is 2.34. The first-order valence-electron chi connectivity index (χ1n) is 6.22. The molecule has 12 heteroatoms. The minimum Gasteiger partial charge on any atom is -0.394 e. The van der Waals surface area contributed by atoms with Crippen molar-refractivity contribution in [3.05, 3.63) is 6.33 Å². The zero-order valence-electron chi connectivity index (χ0n) is 11.1. The Morgan fingerprint density at radius 2 is 2.09 bits per heavy atom. The maximum atomic E-state index is 11.5. The molecule has 0 saturated carbocycles. The molecule has 2 aromatic heterocycles. The summed E-state index contributed by atoms with van der Waals surface area (Å²) < 4.78 is 18.2. The van der Waals surface area contributed by atoms with Crippen LogP contribution >= 0.6 is 0 Å². The molecule has 1 aliphatic rings. The van der Waals surface area contributed by atoms with Gasteiger partial charge in [-0.2, -0.15) is 4.98 Å². The lowest BCUT2D eigenvalue weighted by molar-refractivity contribution is -0.0511. The Balaban J connectivity index is 2.11. The number of nitrogens with two attached hydrogens (primary N) is 2. The molecule has 7 N–H and O–H groups in total. The molecule has 5 atom stereocenters. The largest absolute Gasteiger partial charge is 0.394 e. The van der Waals surface area contributed by atoms with Crippen LogP contribution in [0.5, 0.6) is 0 Å². The Morgan fingerprint density at radius 3 is 2.68 bits per heavy atom. The zero-order valence-corrected chi connectivity index (χ0v) is 11.9. The van der Waals surface area contributed by atoms with E-state index in [1.165, 1.54) is 10.9 Å². The predicted octanol–water partition coefficient (Wildman–Crippen LogP) is -3.00. The lowest BCUT2D eigenvalue weighted by Crippen LogP contribution is -2.33. The summed E-state index contributed by atoms with van der Waals surface area (Å²) in [7, 11) is -1.93. The van der Waals surface area contributed by atoms with E-state index in [1.54, 1.807) is 0 Å². The average Bonchev–Trinajstić information content (AvgIpc) is 3.00. The first kappa shape index (κ1) is 15.2. The Kier molecular flexibility index (Phi) is 3.80. The molecule has 0 aliphatic carbocycles. The van der Waals surface area contributed by atoms with Gasteiger partial charge in [0.1, 0.15) is 34.8 Å². The lowest BCUT2D eigenvalue weighted by atomic mass is 10.1. The summed E-state index contributed by atoms with van der Waals surface area (Å²) in [5, 5.41) is 34.2. The Bertz CT molecular complexity index is 738. The number of aliphatic hydroxyl groups excluding tert-OH is 3. The van der Waals surface area contributed by atoms with Crippen LogP contribution in [0.2, 0.25) is 0 Å². The van der Waals surface area contributed by atoms with Crippen LogP contribution in [0.3, 0.4) is 0 Å². The van der Waals surface area contributed by atoms with E-state index >= 15 is 0 Å². The van der Waals surface area contributed by atoms with Crippen LogP contribution < -0.4 is 10.9 Å². The van der Waals surface area contributed by atoms with Gasteiger partial charge in [0, 0.05) is 0 Å². The lowest BCUT2D eigenvalue weighted by Gasteiger charge is -2.16. The minimum absolute atomic E-state index is 0.0482. The van der Waals surface area contributed by atoms with Crippen molar-refractivity contribution >= 4 is 28.1 Å². The average molecular weight is 330 g/mol. The van der Waals surface area contributed by atoms with Gasteiger partial charge < -0.3 is 25.8 Å². The van der Waals surface area contributed by atoms with Gasteiger partial charge in [0.15, 0.2) is 16.9 Å². The van der Waals surface area contributed by atoms with E-state index in [0.717, 1.165) is 0 Å². The summed E-state index contributed by atoms with van der Waals surface area (Å²) in [6, 6.07) is 0. The van der Waals surface area contributed by atoms with Crippen molar-refractivity contribution in [3.8, 4) is 0 Å². The number of fused-ring (bicyclic) bond motifs is 1. The predicted molar refractivity (Wildman–Crippen MR) is 73.3 cm³/mol. The SMILES string of the molecule is Nc1nc(S(N)=O)c2ncn(C3O[C@H](CO)[C@@H](O)[C@H]3O)c2n1. The molecule has 0 amide bonds. The van der Waals surface area contributed by atoms with Crippen LogP contribution in [0.15, 0.2) is 11.4 Å². The van der Waals surface area contributed by atoms with Crippen molar-refractivity contribution in [3.63, 3.8) is 0 Å². The molecule has 2 aromatic rings. The normalized spacial score (nSPS) is 30.0. The summed E-state index contributed by atoms with van der Waals surface area (Å²) in [6.07, 6.45) is -3.28. The number of rotatable bonds is 3. The van der Waals surface area contributed by atoms with Gasteiger partial charge in [0.25, 0.3) is 0 Å². The smallest absolute Gasteiger partial charge is 0.223 e. The Morgan fingerprint density at radius 1 is 1.36 bits per heavy atom. The molecule has 3 heterocycles. The van der Waals surface area contributed by atoms with E-state index in [1.807, 2.05) is 0 Å². The number of ether oxygens (including phenoxy) is 1. The van der Waals surface area contributed by atoms with Gasteiger partial charge in [-0.15, -0.1) is 0 Å². The minimum atomic E-state index is -1.93. The first-order valence-corrected chi connectivity index (χ1v) is 7.44. The maximum absolute atomic E-state index is 11.5. The number of nitrogen functional groups attached to an aromatic ring is 1. The first-order chi connectivity index (χ1) is 10.4. The molecule has 0 bridgehead atoms. The van der Waals surface area contributed by atoms with Gasteiger partial charge in [0.2, 0.25) is 5.95 Å². The third-order valence-electron chi connectivity index (χ3n) is 3.39. The summed E-state index contributed by atoms with van der Waals surface area (Å²) in [4.78, 5) is 11.8. The third-order valence-corrected chi connectivity index (χ3v) is 4.05. The molecule has 1 saturated heterocycles. The van der Waals surface area contributed by atoms with Crippen LogP contribution in [-0.2, 0) is 15.7 Å². The molecular weight excluding hydrogens is 316 g/mol. The van der Waals surface area contributed by atoms with Gasteiger partial charge in [0.05, 0.1) is 12.9 Å². The van der Waals surface area contributed by atoms with Gasteiger partial charge in [-0.05, 0) is 0 Å². The van der Waals surface area contributed by atoms with E-state index < -0.39 is 42.1 Å². The van der Waals surface area contributed by atoms with Crippen molar-refractivity contribution in [1.29, 1.82) is 0 Å². The summed E-state index contributed by atoms with van der Waals surface area (Å²) >= 11 is 0. The monoisotopic (exact) mass is 330 g/mol. The number of hydrogen-bond donors (Lipinski definition) is 5. The van der Waals surface area contributed by atoms with E-state index in [0.29, 0.717) is 0 Å². The van der Waals surface area contributed by atoms with Crippen molar-refractivity contribution in [2.75, 3.05) is 12.3 Å². The standard InChI is InChI=1S/C10H14N6O5S/c11-10-14-7-4(8(15-10)22(12)20)13-2-16(7)9-6(19)5(18)3(1-17)21-9/h2-3,5-6,9,17-19H,1,12H2,(H2,11,14,15)/t3-,5-,6-,9?,22?/m1/s1. The van der Waals surface area contributed by atoms with Crippen LogP contribution in [0.25, 0.3) is 11.2 Å². The van der Waals surface area contributed by atoms with Crippen LogP contribution in [-0.4, -0.2) is 64.0 Å². The van der Waals surface area contributed by atoms with Crippen molar-refractivity contribution in [2.24, 2.45) is 5.14 Å². The second kappa shape index (κ2) is 5.49. The van der Waals surface area contributed by atoms with E-state index in [4.69, 9.17) is 20.7 Å². The summed E-state index contributed by atoms with van der Waals surface area (Å²) in [5.74, 6) is -0.171. The quantitative estimate of drug-likeness (QED) is 0.366. The second-order valence-electron chi connectivity index (χ2n) is 4.74. The fraction of sp³-hybridized carbons (Fsp3) is 0.500. The molecule has 22 heavy (non-hydrogen) atoms. The van der Waals surface area contributed by atoms with Crippen molar-refractivity contribution in [1.82, 2.24) is 19.5 Å². The number of aromatic nitrogens is 4. The van der Waals surface area contributed by atoms with Gasteiger partial charge in [-0.1, -0.05) is 0 Å². The molecule has 2 unspecified atom stereocenters. The van der Waals surface area contributed by atoms with Crippen molar-refractivity contribution < 1.29 is 24.3 Å². The summed E-state index contributed by atoms with van der Waals surface area (Å²) in [6.45, 7) is -0.462. The number of anilines is 1. The van der Waals surface area contributed by atoms with Gasteiger partial charge >= 0.3 is 0 Å². The van der Waals surface area contributed by atoms with E-state index in [-0.39, 0.29) is 22.1 Å². The molecule has 0 spiro atoms. The number of aliphatic hydroxyl groups is 3. The molecule has 120 valence electrons. The highest BCUT2D eigenvalue weighted by Crippen LogP contribution is 2.31. The van der Waals surface area contributed by atoms with E-state index in [2.05, 4.69) is 15.0 Å². The highest BCUT2D eigenvalue weighted by molar-refractivity contribution is 7.82. The molecule has 1 aliphatic heterocycles. The number of hydrogen-bond acceptors (Lipinski definition) is 9. The maximum Gasteiger partial charge on any atom is 0.223 e. The van der Waals surface area contributed by atoms with Gasteiger partial charge in [-0.3, -0.25) is 4.57 Å². The second-order valence-corrected chi connectivity index (χ2v) is 5.72. The van der Waals surface area contributed by atoms with Gasteiger partial charge in [-0.25, -0.2) is 19.3 Å². The molecule has 3 rings (SSSR count). The fourth-order valence-corrected chi connectivity index (χ4v) is 2.86. The molecule has 0 aromatic carbocycles. The van der Waals surface area contributed by atoms with E-state index in [9.17, 15) is 14.4 Å². The summed E-state index contributed by atoms with van der Waals surface area (Å²) in [5.41, 5.74) is 5.85.